The first-order valence-corrected chi connectivity index (χ1v) is 9.74. The summed E-state index contributed by atoms with van der Waals surface area (Å²) in [5.41, 5.74) is 2.94. The predicted octanol–water partition coefficient (Wildman–Crippen LogP) is 1.51. The van der Waals surface area contributed by atoms with E-state index in [1.165, 1.54) is 4.88 Å². The zero-order valence-corrected chi connectivity index (χ0v) is 14.5. The third-order valence-corrected chi connectivity index (χ3v) is 5.62. The van der Waals surface area contributed by atoms with E-state index in [0.29, 0.717) is 6.54 Å². The van der Waals surface area contributed by atoms with Crippen LogP contribution in [0.2, 0.25) is 0 Å². The zero-order chi connectivity index (χ0) is 15.9. The summed E-state index contributed by atoms with van der Waals surface area (Å²) in [5.74, 6) is 0. The van der Waals surface area contributed by atoms with E-state index in [4.69, 9.17) is 0 Å². The van der Waals surface area contributed by atoms with Crippen molar-refractivity contribution in [3.8, 4) is 0 Å². The molecule has 22 heavy (non-hydrogen) atoms. The van der Waals surface area contributed by atoms with Gasteiger partial charge in [-0.1, -0.05) is 0 Å². The van der Waals surface area contributed by atoms with Crippen LogP contribution in [-0.2, 0) is 29.3 Å². The lowest BCUT2D eigenvalue weighted by atomic mass is 10.1. The van der Waals surface area contributed by atoms with Gasteiger partial charge in [-0.3, -0.25) is 4.90 Å². The second-order valence-corrected chi connectivity index (χ2v) is 8.80. The summed E-state index contributed by atoms with van der Waals surface area (Å²) in [6.45, 7) is 6.44. The topological polar surface area (TPSA) is 76.1 Å². The minimum atomic E-state index is -3.36. The van der Waals surface area contributed by atoms with Gasteiger partial charge in [0.05, 0.1) is 16.4 Å². The fourth-order valence-corrected chi connectivity index (χ4v) is 4.08. The number of hydrogen-bond acceptors (Lipinski definition) is 7. The summed E-state index contributed by atoms with van der Waals surface area (Å²) in [4.78, 5) is 16.2. The largest absolute Gasteiger partial charge is 0.292 e. The van der Waals surface area contributed by atoms with Crippen LogP contribution in [0.3, 0.4) is 0 Å². The van der Waals surface area contributed by atoms with Gasteiger partial charge in [0, 0.05) is 37.0 Å². The molecule has 0 bridgehead atoms. The highest BCUT2D eigenvalue weighted by molar-refractivity contribution is 7.90. The maximum Gasteiger partial charge on any atom is 0.247 e. The van der Waals surface area contributed by atoms with Crippen molar-refractivity contribution >= 4 is 21.2 Å². The summed E-state index contributed by atoms with van der Waals surface area (Å²) in [7, 11) is -3.36. The molecule has 2 aromatic rings. The molecule has 0 spiro atoms. The lowest BCUT2D eigenvalue weighted by Gasteiger charge is -2.27. The van der Waals surface area contributed by atoms with Crippen LogP contribution in [0.25, 0.3) is 0 Å². The molecule has 3 rings (SSSR count). The highest BCUT2D eigenvalue weighted by atomic mass is 32.2. The highest BCUT2D eigenvalue weighted by Crippen LogP contribution is 2.23. The van der Waals surface area contributed by atoms with Crippen LogP contribution in [0.4, 0.5) is 0 Å². The van der Waals surface area contributed by atoms with Gasteiger partial charge in [-0.15, -0.1) is 11.3 Å². The molecule has 0 aromatic carbocycles. The molecule has 0 aliphatic carbocycles. The van der Waals surface area contributed by atoms with E-state index in [1.807, 2.05) is 13.8 Å². The fraction of sp³-hybridized carbons (Fsp3) is 0.500. The van der Waals surface area contributed by atoms with Gasteiger partial charge in [-0.05, 0) is 25.8 Å². The van der Waals surface area contributed by atoms with Gasteiger partial charge >= 0.3 is 0 Å². The van der Waals surface area contributed by atoms with Crippen LogP contribution < -0.4 is 0 Å². The van der Waals surface area contributed by atoms with Crippen LogP contribution in [0.5, 0.6) is 0 Å². The number of hydrogen-bond donors (Lipinski definition) is 0. The van der Waals surface area contributed by atoms with Crippen molar-refractivity contribution in [2.45, 2.75) is 38.5 Å². The van der Waals surface area contributed by atoms with E-state index in [1.54, 1.807) is 17.5 Å². The van der Waals surface area contributed by atoms with Gasteiger partial charge in [-0.2, -0.15) is 0 Å². The van der Waals surface area contributed by atoms with Crippen LogP contribution in [0.15, 0.2) is 11.4 Å². The van der Waals surface area contributed by atoms with Crippen molar-refractivity contribution in [2.75, 3.05) is 12.8 Å². The minimum Gasteiger partial charge on any atom is -0.292 e. The standard InChI is InChI=1S/C14H18N4O2S2/c1-9-13(21-10(2)16-9)8-18-5-4-11-6-15-14(22(3,19)20)17-12(11)7-18/h6H,4-5,7-8H2,1-3H3. The number of nitrogens with zero attached hydrogens (tertiary/aromatic N) is 4. The fourth-order valence-electron chi connectivity index (χ4n) is 2.58. The summed E-state index contributed by atoms with van der Waals surface area (Å²) in [6, 6.07) is 0. The Morgan fingerprint density at radius 2 is 2.09 bits per heavy atom. The molecule has 1 aliphatic heterocycles. The van der Waals surface area contributed by atoms with Gasteiger partial charge < -0.3 is 0 Å². The van der Waals surface area contributed by atoms with Gasteiger partial charge in [0.15, 0.2) is 0 Å². The SMILES string of the molecule is Cc1nc(C)c(CN2CCc3cnc(S(C)(=O)=O)nc3C2)s1. The molecular weight excluding hydrogens is 320 g/mol. The van der Waals surface area contributed by atoms with E-state index in [-0.39, 0.29) is 5.16 Å². The molecule has 3 heterocycles. The Morgan fingerprint density at radius 1 is 1.32 bits per heavy atom. The Morgan fingerprint density at radius 3 is 2.73 bits per heavy atom. The molecule has 0 atom stereocenters. The molecule has 118 valence electrons. The Labute approximate surface area is 134 Å². The molecular formula is C14H18N4O2S2. The summed E-state index contributed by atoms with van der Waals surface area (Å²) >= 11 is 1.72. The second-order valence-electron chi connectivity index (χ2n) is 5.60. The number of thiazole rings is 1. The first-order valence-electron chi connectivity index (χ1n) is 7.03. The van der Waals surface area contributed by atoms with E-state index in [2.05, 4.69) is 19.9 Å². The quantitative estimate of drug-likeness (QED) is 0.790. The summed E-state index contributed by atoms with van der Waals surface area (Å²) < 4.78 is 23.2. The molecule has 8 heteroatoms. The van der Waals surface area contributed by atoms with Crippen molar-refractivity contribution < 1.29 is 8.42 Å². The number of aromatic nitrogens is 3. The number of fused-ring (bicyclic) bond motifs is 1. The monoisotopic (exact) mass is 338 g/mol. The molecule has 0 radical (unpaired) electrons. The van der Waals surface area contributed by atoms with Crippen LogP contribution in [0, 0.1) is 13.8 Å². The Kier molecular flexibility index (Phi) is 4.00. The van der Waals surface area contributed by atoms with Gasteiger partial charge in [0.25, 0.3) is 0 Å². The van der Waals surface area contributed by atoms with Crippen molar-refractivity contribution in [2.24, 2.45) is 0 Å². The molecule has 2 aromatic heterocycles. The maximum atomic E-state index is 11.6. The maximum absolute atomic E-state index is 11.6. The highest BCUT2D eigenvalue weighted by Gasteiger charge is 2.22. The Balaban J connectivity index is 1.82. The van der Waals surface area contributed by atoms with Gasteiger partial charge in [0.2, 0.25) is 15.0 Å². The molecule has 0 fully saturated rings. The summed E-state index contributed by atoms with van der Waals surface area (Å²) in [6.07, 6.45) is 3.63. The average Bonchev–Trinajstić information content (AvgIpc) is 2.75. The van der Waals surface area contributed by atoms with Crippen molar-refractivity contribution in [3.05, 3.63) is 33.0 Å². The molecule has 0 N–H and O–H groups in total. The minimum absolute atomic E-state index is 0.0853. The van der Waals surface area contributed by atoms with Gasteiger partial charge in [0.1, 0.15) is 0 Å². The molecule has 0 saturated carbocycles. The van der Waals surface area contributed by atoms with Crippen LogP contribution in [0.1, 0.15) is 26.8 Å². The van der Waals surface area contributed by atoms with Crippen molar-refractivity contribution in [1.29, 1.82) is 0 Å². The first kappa shape index (κ1) is 15.5. The normalized spacial score (nSPS) is 15.8. The molecule has 0 unspecified atom stereocenters. The number of sulfone groups is 1. The third-order valence-electron chi connectivity index (χ3n) is 3.70. The Hall–Kier alpha value is -1.38. The van der Waals surface area contributed by atoms with Crippen LogP contribution >= 0.6 is 11.3 Å². The number of aryl methyl sites for hydroxylation is 2. The zero-order valence-electron chi connectivity index (χ0n) is 12.8. The van der Waals surface area contributed by atoms with E-state index in [9.17, 15) is 8.42 Å². The van der Waals surface area contributed by atoms with E-state index in [0.717, 1.165) is 47.7 Å². The lowest BCUT2D eigenvalue weighted by Crippen LogP contribution is -2.31. The summed E-state index contributed by atoms with van der Waals surface area (Å²) in [5, 5.41) is 0.990. The van der Waals surface area contributed by atoms with Crippen molar-refractivity contribution in [3.63, 3.8) is 0 Å². The van der Waals surface area contributed by atoms with Crippen LogP contribution in [-0.4, -0.2) is 41.1 Å². The molecule has 6 nitrogen and oxygen atoms in total. The average molecular weight is 338 g/mol. The molecule has 0 amide bonds. The Bertz CT molecular complexity index is 814. The van der Waals surface area contributed by atoms with E-state index < -0.39 is 9.84 Å². The van der Waals surface area contributed by atoms with E-state index >= 15 is 0 Å². The third kappa shape index (κ3) is 3.18. The first-order chi connectivity index (χ1) is 10.3. The second kappa shape index (κ2) is 5.68. The smallest absolute Gasteiger partial charge is 0.247 e. The predicted molar refractivity (Wildman–Crippen MR) is 84.5 cm³/mol. The lowest BCUT2D eigenvalue weighted by molar-refractivity contribution is 0.241. The molecule has 1 aliphatic rings. The number of rotatable bonds is 3. The van der Waals surface area contributed by atoms with Gasteiger partial charge in [-0.25, -0.2) is 23.4 Å². The van der Waals surface area contributed by atoms with Crippen molar-refractivity contribution in [1.82, 2.24) is 19.9 Å². The molecule has 0 saturated heterocycles.